The van der Waals surface area contributed by atoms with Crippen molar-refractivity contribution in [1.29, 1.82) is 0 Å². The van der Waals surface area contributed by atoms with Gasteiger partial charge < -0.3 is 14.0 Å². The van der Waals surface area contributed by atoms with Crippen molar-refractivity contribution in [3.63, 3.8) is 0 Å². The van der Waals surface area contributed by atoms with Gasteiger partial charge in [-0.15, -0.1) is 0 Å². The van der Waals surface area contributed by atoms with Gasteiger partial charge in [0.2, 0.25) is 0 Å². The fourth-order valence-electron chi connectivity index (χ4n) is 2.72. The van der Waals surface area contributed by atoms with Crippen molar-refractivity contribution in [3.05, 3.63) is 57.9 Å². The third-order valence-corrected chi connectivity index (χ3v) is 5.26. The Morgan fingerprint density at radius 2 is 2.00 bits per heavy atom. The van der Waals surface area contributed by atoms with Crippen LogP contribution in [0.3, 0.4) is 0 Å². The lowest BCUT2D eigenvalue weighted by molar-refractivity contribution is -0.120. The molecule has 1 heterocycles. The Balaban J connectivity index is 1.84. The van der Waals surface area contributed by atoms with E-state index >= 15 is 0 Å². The monoisotopic (exact) mass is 404 g/mol. The highest BCUT2D eigenvalue weighted by atomic mass is 35.5. The number of aryl methyl sites for hydroxylation is 1. The Hall–Kier alpha value is -2.15. The molecule has 142 valence electrons. The number of benzene rings is 2. The van der Waals surface area contributed by atoms with Crippen LogP contribution in [0.5, 0.6) is 5.75 Å². The van der Waals surface area contributed by atoms with E-state index in [-0.39, 0.29) is 12.5 Å². The third kappa shape index (κ3) is 4.97. The van der Waals surface area contributed by atoms with Crippen LogP contribution < -0.4 is 9.54 Å². The van der Waals surface area contributed by atoms with Crippen molar-refractivity contribution in [3.8, 4) is 5.75 Å². The number of para-hydroxylation sites is 1. The Bertz CT molecular complexity index is 993. The largest absolute Gasteiger partial charge is 0.484 e. The van der Waals surface area contributed by atoms with E-state index in [0.717, 1.165) is 15.8 Å². The molecule has 0 saturated heterocycles. The molecule has 7 heteroatoms. The second-order valence-corrected chi connectivity index (χ2v) is 7.35. The van der Waals surface area contributed by atoms with Crippen LogP contribution in [0.25, 0.3) is 10.2 Å². The molecular weight excluding hydrogens is 384 g/mol. The molecule has 0 fully saturated rings. The van der Waals surface area contributed by atoms with Gasteiger partial charge in [0.05, 0.1) is 16.8 Å². The number of carbonyl (C=O) groups is 1. The summed E-state index contributed by atoms with van der Waals surface area (Å²) in [6, 6.07) is 13.0. The summed E-state index contributed by atoms with van der Waals surface area (Å²) >= 11 is 7.34. The molecular formula is C20H21ClN2O3S. The van der Waals surface area contributed by atoms with Crippen LogP contribution >= 0.6 is 22.9 Å². The topological polar surface area (TPSA) is 52.8 Å². The Kier molecular flexibility index (Phi) is 6.66. The molecule has 1 aromatic heterocycles. The van der Waals surface area contributed by atoms with Crippen molar-refractivity contribution in [2.24, 2.45) is 4.99 Å². The van der Waals surface area contributed by atoms with E-state index in [1.807, 2.05) is 23.6 Å². The summed E-state index contributed by atoms with van der Waals surface area (Å²) in [5, 5.41) is 0.620. The van der Waals surface area contributed by atoms with Crippen LogP contribution in [0, 0.1) is 6.92 Å². The second kappa shape index (κ2) is 9.17. The maximum Gasteiger partial charge on any atom is 0.286 e. The van der Waals surface area contributed by atoms with Crippen molar-refractivity contribution < 1.29 is 14.3 Å². The number of amides is 1. The molecule has 0 aliphatic carbocycles. The lowest BCUT2D eigenvalue weighted by Crippen LogP contribution is -2.21. The van der Waals surface area contributed by atoms with Gasteiger partial charge in [-0.1, -0.05) is 35.1 Å². The predicted molar refractivity (Wildman–Crippen MR) is 109 cm³/mol. The molecule has 27 heavy (non-hydrogen) atoms. The van der Waals surface area contributed by atoms with Gasteiger partial charge in [0, 0.05) is 18.2 Å². The van der Waals surface area contributed by atoms with Crippen LogP contribution in [0.15, 0.2) is 47.5 Å². The van der Waals surface area contributed by atoms with Gasteiger partial charge in [0.25, 0.3) is 5.91 Å². The molecule has 1 amide bonds. The van der Waals surface area contributed by atoms with E-state index in [0.29, 0.717) is 35.3 Å². The van der Waals surface area contributed by atoms with E-state index in [1.165, 1.54) is 11.3 Å². The van der Waals surface area contributed by atoms with Gasteiger partial charge in [-0.2, -0.15) is 4.99 Å². The summed E-state index contributed by atoms with van der Waals surface area (Å²) in [5.74, 6) is 0.249. The van der Waals surface area contributed by atoms with Crippen molar-refractivity contribution in [2.45, 2.75) is 20.4 Å². The summed E-state index contributed by atoms with van der Waals surface area (Å²) in [6.07, 6.45) is 0. The number of hydrogen-bond acceptors (Lipinski definition) is 4. The molecule has 0 aliphatic heterocycles. The molecule has 2 aromatic carbocycles. The van der Waals surface area contributed by atoms with Crippen LogP contribution in [0.2, 0.25) is 5.02 Å². The van der Waals surface area contributed by atoms with Crippen molar-refractivity contribution >= 4 is 39.1 Å². The molecule has 0 radical (unpaired) electrons. The lowest BCUT2D eigenvalue weighted by atomic mass is 10.2. The average Bonchev–Trinajstić information content (AvgIpc) is 3.00. The van der Waals surface area contributed by atoms with Crippen molar-refractivity contribution in [1.82, 2.24) is 4.57 Å². The Labute approximate surface area is 166 Å². The van der Waals surface area contributed by atoms with Gasteiger partial charge in [-0.3, -0.25) is 4.79 Å². The highest BCUT2D eigenvalue weighted by molar-refractivity contribution is 7.16. The van der Waals surface area contributed by atoms with Crippen LogP contribution in [-0.4, -0.2) is 30.3 Å². The minimum absolute atomic E-state index is 0.125. The quantitative estimate of drug-likeness (QED) is 0.554. The SMILES string of the molecule is CCOCCn1c(=NC(=O)COc2ccc(Cl)cc2)sc2cccc(C)c21. The molecule has 3 aromatic rings. The molecule has 0 N–H and O–H groups in total. The molecule has 0 atom stereocenters. The van der Waals surface area contributed by atoms with Gasteiger partial charge in [-0.05, 0) is 49.7 Å². The van der Waals surface area contributed by atoms with E-state index in [4.69, 9.17) is 21.1 Å². The number of fused-ring (bicyclic) bond motifs is 1. The second-order valence-electron chi connectivity index (χ2n) is 5.90. The first-order valence-corrected chi connectivity index (χ1v) is 9.90. The van der Waals surface area contributed by atoms with E-state index in [2.05, 4.69) is 18.0 Å². The molecule has 0 saturated carbocycles. The molecule has 5 nitrogen and oxygen atoms in total. The smallest absolute Gasteiger partial charge is 0.286 e. The zero-order valence-corrected chi connectivity index (χ0v) is 16.8. The van der Waals surface area contributed by atoms with E-state index in [9.17, 15) is 4.79 Å². The number of aromatic nitrogens is 1. The number of rotatable bonds is 7. The van der Waals surface area contributed by atoms with Crippen molar-refractivity contribution in [2.75, 3.05) is 19.8 Å². The Morgan fingerprint density at radius 3 is 2.74 bits per heavy atom. The number of hydrogen-bond donors (Lipinski definition) is 0. The van der Waals surface area contributed by atoms with Gasteiger partial charge in [0.15, 0.2) is 11.4 Å². The van der Waals surface area contributed by atoms with Gasteiger partial charge in [-0.25, -0.2) is 0 Å². The normalized spacial score (nSPS) is 11.9. The number of thiazole rings is 1. The molecule has 0 aliphatic rings. The maximum absolute atomic E-state index is 12.3. The molecule has 0 bridgehead atoms. The highest BCUT2D eigenvalue weighted by Crippen LogP contribution is 2.21. The summed E-state index contributed by atoms with van der Waals surface area (Å²) in [6.45, 7) is 5.76. The molecule has 0 unspecified atom stereocenters. The summed E-state index contributed by atoms with van der Waals surface area (Å²) < 4.78 is 14.1. The first kappa shape index (κ1) is 19.6. The average molecular weight is 405 g/mol. The Morgan fingerprint density at radius 1 is 1.22 bits per heavy atom. The fourth-order valence-corrected chi connectivity index (χ4v) is 3.99. The fraction of sp³-hybridized carbons (Fsp3) is 0.300. The zero-order chi connectivity index (χ0) is 19.2. The number of nitrogens with zero attached hydrogens (tertiary/aromatic N) is 2. The van der Waals surface area contributed by atoms with E-state index in [1.54, 1.807) is 24.3 Å². The predicted octanol–water partition coefficient (Wildman–Crippen LogP) is 4.21. The number of carbonyl (C=O) groups excluding carboxylic acids is 1. The van der Waals surface area contributed by atoms with Crippen LogP contribution in [0.1, 0.15) is 12.5 Å². The standard InChI is InChI=1S/C20H21ClN2O3S/c1-3-25-12-11-23-19-14(2)5-4-6-17(19)27-20(23)22-18(24)13-26-16-9-7-15(21)8-10-16/h4-10H,3,11-13H2,1-2H3. The summed E-state index contributed by atoms with van der Waals surface area (Å²) in [7, 11) is 0. The highest BCUT2D eigenvalue weighted by Gasteiger charge is 2.10. The maximum atomic E-state index is 12.3. The summed E-state index contributed by atoms with van der Waals surface area (Å²) in [4.78, 5) is 17.3. The van der Waals surface area contributed by atoms with Crippen LogP contribution in [-0.2, 0) is 16.1 Å². The molecule has 0 spiro atoms. The minimum atomic E-state index is -0.334. The molecule has 3 rings (SSSR count). The lowest BCUT2D eigenvalue weighted by Gasteiger charge is -2.07. The number of ether oxygens (including phenoxy) is 2. The first-order chi connectivity index (χ1) is 13.1. The minimum Gasteiger partial charge on any atom is -0.484 e. The van der Waals surface area contributed by atoms with Gasteiger partial charge in [0.1, 0.15) is 5.75 Å². The van der Waals surface area contributed by atoms with Gasteiger partial charge >= 0.3 is 0 Å². The zero-order valence-electron chi connectivity index (χ0n) is 15.3. The third-order valence-electron chi connectivity index (χ3n) is 3.96. The van der Waals surface area contributed by atoms with E-state index < -0.39 is 0 Å². The summed E-state index contributed by atoms with van der Waals surface area (Å²) in [5.41, 5.74) is 2.24. The first-order valence-electron chi connectivity index (χ1n) is 8.71. The van der Waals surface area contributed by atoms with Crippen LogP contribution in [0.4, 0.5) is 0 Å². The number of halogens is 1.